The van der Waals surface area contributed by atoms with E-state index in [1.807, 2.05) is 30.3 Å². The second-order valence-corrected chi connectivity index (χ2v) is 5.00. The van der Waals surface area contributed by atoms with Gasteiger partial charge in [-0.05, 0) is 23.6 Å². The van der Waals surface area contributed by atoms with E-state index in [2.05, 4.69) is 5.32 Å². The summed E-state index contributed by atoms with van der Waals surface area (Å²) in [6.45, 7) is 0. The van der Waals surface area contributed by atoms with Crippen LogP contribution in [0.15, 0.2) is 60.7 Å². The van der Waals surface area contributed by atoms with E-state index in [4.69, 9.17) is 9.84 Å². The van der Waals surface area contributed by atoms with Crippen molar-refractivity contribution in [2.75, 3.05) is 5.32 Å². The van der Waals surface area contributed by atoms with Gasteiger partial charge in [0, 0.05) is 5.39 Å². The molecule has 0 aliphatic carbocycles. The van der Waals surface area contributed by atoms with Gasteiger partial charge in [0.25, 0.3) is 0 Å². The Kier molecular flexibility index (Phi) is 4.03. The third-order valence-electron chi connectivity index (χ3n) is 3.45. The van der Waals surface area contributed by atoms with E-state index in [9.17, 15) is 14.7 Å². The minimum atomic E-state index is -1.35. The molecule has 0 aliphatic heterocycles. The van der Waals surface area contributed by atoms with Crippen LogP contribution >= 0.6 is 0 Å². The van der Waals surface area contributed by atoms with Crippen molar-refractivity contribution >= 4 is 28.5 Å². The highest BCUT2D eigenvalue weighted by Gasteiger charge is 2.18. The summed E-state index contributed by atoms with van der Waals surface area (Å²) in [5.74, 6) is -1.44. The largest absolute Gasteiger partial charge is 0.507 e. The second-order valence-electron chi connectivity index (χ2n) is 5.00. The SMILES string of the molecule is O=C(Nc1cccc(O)c1C(=O)O)Oc1cccc2ccccc12. The number of rotatable bonds is 3. The number of carbonyl (C=O) groups is 2. The molecule has 0 saturated carbocycles. The maximum Gasteiger partial charge on any atom is 0.417 e. The quantitative estimate of drug-likeness (QED) is 0.680. The first-order valence-corrected chi connectivity index (χ1v) is 7.08. The van der Waals surface area contributed by atoms with Crippen LogP contribution < -0.4 is 10.1 Å². The van der Waals surface area contributed by atoms with Crippen molar-refractivity contribution in [1.82, 2.24) is 0 Å². The fourth-order valence-corrected chi connectivity index (χ4v) is 2.39. The molecule has 120 valence electrons. The van der Waals surface area contributed by atoms with Crippen molar-refractivity contribution < 1.29 is 24.5 Å². The van der Waals surface area contributed by atoms with Crippen molar-refractivity contribution in [3.63, 3.8) is 0 Å². The van der Waals surface area contributed by atoms with Crippen LogP contribution in [-0.2, 0) is 0 Å². The topological polar surface area (TPSA) is 95.9 Å². The second kappa shape index (κ2) is 6.29. The third kappa shape index (κ3) is 2.98. The molecular weight excluding hydrogens is 310 g/mol. The summed E-state index contributed by atoms with van der Waals surface area (Å²) in [5, 5.41) is 22.8. The van der Waals surface area contributed by atoms with Gasteiger partial charge in [0.05, 0.1) is 5.69 Å². The van der Waals surface area contributed by atoms with Gasteiger partial charge in [-0.1, -0.05) is 42.5 Å². The molecule has 0 spiro atoms. The molecule has 24 heavy (non-hydrogen) atoms. The molecule has 0 heterocycles. The fourth-order valence-electron chi connectivity index (χ4n) is 2.39. The first-order valence-electron chi connectivity index (χ1n) is 7.08. The normalized spacial score (nSPS) is 10.3. The number of hydrogen-bond acceptors (Lipinski definition) is 4. The number of carbonyl (C=O) groups excluding carboxylic acids is 1. The zero-order valence-corrected chi connectivity index (χ0v) is 12.4. The lowest BCUT2D eigenvalue weighted by atomic mass is 10.1. The zero-order chi connectivity index (χ0) is 17.1. The number of anilines is 1. The smallest absolute Gasteiger partial charge is 0.417 e. The first kappa shape index (κ1) is 15.4. The highest BCUT2D eigenvalue weighted by atomic mass is 16.6. The highest BCUT2D eigenvalue weighted by molar-refractivity contribution is 6.02. The minimum absolute atomic E-state index is 0.0484. The molecule has 3 rings (SSSR count). The molecule has 0 unspecified atom stereocenters. The standard InChI is InChI=1S/C18H13NO5/c20-14-9-4-8-13(16(14)17(21)22)19-18(23)24-15-10-3-6-11-5-1-2-7-12(11)15/h1-10,20H,(H,19,23)(H,21,22). The summed E-state index contributed by atoms with van der Waals surface area (Å²) in [4.78, 5) is 23.3. The van der Waals surface area contributed by atoms with E-state index in [1.54, 1.807) is 12.1 Å². The van der Waals surface area contributed by atoms with Gasteiger partial charge in [0.1, 0.15) is 17.1 Å². The van der Waals surface area contributed by atoms with Gasteiger partial charge in [-0.25, -0.2) is 9.59 Å². The molecule has 0 saturated heterocycles. The molecule has 0 aliphatic rings. The predicted molar refractivity (Wildman–Crippen MR) is 88.7 cm³/mol. The molecule has 0 atom stereocenters. The molecule has 0 radical (unpaired) electrons. The molecule has 6 heteroatoms. The lowest BCUT2D eigenvalue weighted by Gasteiger charge is -2.11. The zero-order valence-electron chi connectivity index (χ0n) is 12.4. The van der Waals surface area contributed by atoms with Gasteiger partial charge >= 0.3 is 12.1 Å². The first-order chi connectivity index (χ1) is 11.6. The van der Waals surface area contributed by atoms with Gasteiger partial charge in [0.2, 0.25) is 0 Å². The Balaban J connectivity index is 1.86. The molecule has 3 aromatic carbocycles. The number of benzene rings is 3. The van der Waals surface area contributed by atoms with E-state index in [1.165, 1.54) is 18.2 Å². The summed E-state index contributed by atoms with van der Waals surface area (Å²) in [6.07, 6.45) is -0.848. The van der Waals surface area contributed by atoms with Gasteiger partial charge in [-0.15, -0.1) is 0 Å². The summed E-state index contributed by atoms with van der Waals surface area (Å²) >= 11 is 0. The number of aromatic hydroxyl groups is 1. The Morgan fingerprint density at radius 1 is 0.917 bits per heavy atom. The lowest BCUT2D eigenvalue weighted by Crippen LogP contribution is -2.18. The minimum Gasteiger partial charge on any atom is -0.507 e. The Hall–Kier alpha value is -3.54. The number of carboxylic acid groups (broad SMARTS) is 1. The predicted octanol–water partition coefficient (Wildman–Crippen LogP) is 3.85. The average molecular weight is 323 g/mol. The lowest BCUT2D eigenvalue weighted by molar-refractivity contribution is 0.0695. The van der Waals surface area contributed by atoms with E-state index in [0.717, 1.165) is 10.8 Å². The number of aromatic carboxylic acids is 1. The Morgan fingerprint density at radius 2 is 1.62 bits per heavy atom. The Morgan fingerprint density at radius 3 is 2.42 bits per heavy atom. The van der Waals surface area contributed by atoms with E-state index >= 15 is 0 Å². The van der Waals surface area contributed by atoms with Crippen molar-refractivity contribution in [2.45, 2.75) is 0 Å². The molecule has 1 amide bonds. The van der Waals surface area contributed by atoms with Crippen LogP contribution in [0.25, 0.3) is 10.8 Å². The molecule has 0 aromatic heterocycles. The van der Waals surface area contributed by atoms with Crippen LogP contribution in [0.1, 0.15) is 10.4 Å². The number of carboxylic acids is 1. The van der Waals surface area contributed by atoms with Crippen molar-refractivity contribution in [3.8, 4) is 11.5 Å². The summed E-state index contributed by atoms with van der Waals surface area (Å²) < 4.78 is 5.28. The number of fused-ring (bicyclic) bond motifs is 1. The fraction of sp³-hybridized carbons (Fsp3) is 0. The summed E-state index contributed by atoms with van der Waals surface area (Å²) in [6, 6.07) is 16.7. The maximum absolute atomic E-state index is 12.1. The molecule has 6 nitrogen and oxygen atoms in total. The Labute approximate surface area is 136 Å². The van der Waals surface area contributed by atoms with Gasteiger partial charge < -0.3 is 14.9 Å². The summed E-state index contributed by atoms with van der Waals surface area (Å²) in [7, 11) is 0. The highest BCUT2D eigenvalue weighted by Crippen LogP contribution is 2.27. The van der Waals surface area contributed by atoms with Crippen LogP contribution in [0, 0.1) is 0 Å². The maximum atomic E-state index is 12.1. The van der Waals surface area contributed by atoms with Gasteiger partial charge in [-0.2, -0.15) is 0 Å². The molecule has 3 aromatic rings. The number of amides is 1. The van der Waals surface area contributed by atoms with Crippen molar-refractivity contribution in [2.24, 2.45) is 0 Å². The van der Waals surface area contributed by atoms with E-state index < -0.39 is 23.4 Å². The number of phenols is 1. The monoisotopic (exact) mass is 323 g/mol. The van der Waals surface area contributed by atoms with Crippen molar-refractivity contribution in [3.05, 3.63) is 66.2 Å². The summed E-state index contributed by atoms with van der Waals surface area (Å²) in [5.41, 5.74) is -0.444. The van der Waals surface area contributed by atoms with Crippen LogP contribution in [0.4, 0.5) is 10.5 Å². The third-order valence-corrected chi connectivity index (χ3v) is 3.45. The number of ether oxygens (including phenoxy) is 1. The Bertz CT molecular complexity index is 930. The van der Waals surface area contributed by atoms with E-state index in [-0.39, 0.29) is 5.69 Å². The molecule has 0 bridgehead atoms. The van der Waals surface area contributed by atoms with Crippen LogP contribution in [-0.4, -0.2) is 22.3 Å². The number of hydrogen-bond donors (Lipinski definition) is 3. The average Bonchev–Trinajstić information content (AvgIpc) is 2.55. The van der Waals surface area contributed by atoms with Gasteiger partial charge in [-0.3, -0.25) is 5.32 Å². The van der Waals surface area contributed by atoms with Gasteiger partial charge in [0.15, 0.2) is 0 Å². The van der Waals surface area contributed by atoms with Crippen LogP contribution in [0.3, 0.4) is 0 Å². The molecule has 0 fully saturated rings. The number of nitrogens with one attached hydrogen (secondary N) is 1. The van der Waals surface area contributed by atoms with E-state index in [0.29, 0.717) is 5.75 Å². The molecule has 3 N–H and O–H groups in total. The van der Waals surface area contributed by atoms with Crippen LogP contribution in [0.5, 0.6) is 11.5 Å². The van der Waals surface area contributed by atoms with Crippen molar-refractivity contribution in [1.29, 1.82) is 0 Å². The molecular formula is C18H13NO5. The van der Waals surface area contributed by atoms with Crippen LogP contribution in [0.2, 0.25) is 0 Å².